The van der Waals surface area contributed by atoms with E-state index in [1.165, 1.54) is 6.26 Å². The van der Waals surface area contributed by atoms with Crippen LogP contribution in [0.2, 0.25) is 0 Å². The molecule has 28 heavy (non-hydrogen) atoms. The minimum atomic E-state index is -3.20. The molecule has 0 atom stereocenters. The van der Waals surface area contributed by atoms with E-state index >= 15 is 0 Å². The fraction of sp³-hybridized carbons (Fsp3) is 0.200. The summed E-state index contributed by atoms with van der Waals surface area (Å²) in [5.74, 6) is 0.00350. The molecule has 0 aliphatic heterocycles. The van der Waals surface area contributed by atoms with Crippen molar-refractivity contribution in [3.05, 3.63) is 77.7 Å². The number of benzene rings is 2. The molecule has 0 saturated heterocycles. The maximum atomic E-state index is 12.2. The van der Waals surface area contributed by atoms with Crippen molar-refractivity contribution >= 4 is 16.0 Å². The van der Waals surface area contributed by atoms with Crippen LogP contribution in [-0.4, -0.2) is 32.2 Å². The van der Waals surface area contributed by atoms with Gasteiger partial charge in [-0.1, -0.05) is 30.3 Å². The van der Waals surface area contributed by atoms with Crippen molar-refractivity contribution in [2.45, 2.75) is 13.0 Å². The highest BCUT2D eigenvalue weighted by atomic mass is 32.2. The number of oxazole rings is 1. The number of aromatic nitrogens is 1. The van der Waals surface area contributed by atoms with Crippen LogP contribution in [0.3, 0.4) is 0 Å². The second-order valence-corrected chi connectivity index (χ2v) is 8.03. The highest BCUT2D eigenvalue weighted by Gasteiger charge is 2.11. The standard InChI is InChI=1S/C20H20N2O5S/c1-28(24,25)21-12-11-15-7-9-17(10-8-15)20(23)27-14-18-13-26-19(22-18)16-5-3-2-4-6-16/h2-10,13,21H,11-12,14H2,1H3. The van der Waals surface area contributed by atoms with E-state index in [0.29, 0.717) is 30.1 Å². The lowest BCUT2D eigenvalue weighted by Crippen LogP contribution is -2.24. The van der Waals surface area contributed by atoms with E-state index < -0.39 is 16.0 Å². The Labute approximate surface area is 163 Å². The third-order valence-corrected chi connectivity index (χ3v) is 4.62. The molecule has 0 aliphatic carbocycles. The quantitative estimate of drug-likeness (QED) is 0.584. The van der Waals surface area contributed by atoms with Gasteiger partial charge in [-0.15, -0.1) is 0 Å². The van der Waals surface area contributed by atoms with Crippen LogP contribution in [0.15, 0.2) is 65.3 Å². The molecule has 3 rings (SSSR count). The van der Waals surface area contributed by atoms with E-state index in [2.05, 4.69) is 9.71 Å². The van der Waals surface area contributed by atoms with Crippen LogP contribution in [0.1, 0.15) is 21.6 Å². The van der Waals surface area contributed by atoms with Crippen molar-refractivity contribution < 1.29 is 22.4 Å². The summed E-state index contributed by atoms with van der Waals surface area (Å²) in [5.41, 5.74) is 2.69. The van der Waals surface area contributed by atoms with Crippen LogP contribution in [0.5, 0.6) is 0 Å². The number of nitrogens with zero attached hydrogens (tertiary/aromatic N) is 1. The van der Waals surface area contributed by atoms with Crippen LogP contribution < -0.4 is 4.72 Å². The molecule has 1 N–H and O–H groups in total. The molecule has 0 bridgehead atoms. The van der Waals surface area contributed by atoms with Crippen LogP contribution >= 0.6 is 0 Å². The number of carbonyl (C=O) groups is 1. The Morgan fingerprint density at radius 2 is 1.82 bits per heavy atom. The van der Waals surface area contributed by atoms with E-state index in [4.69, 9.17) is 9.15 Å². The molecule has 2 aromatic carbocycles. The van der Waals surface area contributed by atoms with Crippen LogP contribution in [0, 0.1) is 0 Å². The van der Waals surface area contributed by atoms with Gasteiger partial charge in [0, 0.05) is 12.1 Å². The summed E-state index contributed by atoms with van der Waals surface area (Å²) < 4.78 is 35.2. The first-order valence-electron chi connectivity index (χ1n) is 8.61. The monoisotopic (exact) mass is 400 g/mol. The lowest BCUT2D eigenvalue weighted by Gasteiger charge is -2.05. The fourth-order valence-electron chi connectivity index (χ4n) is 2.50. The summed E-state index contributed by atoms with van der Waals surface area (Å²) in [4.78, 5) is 16.5. The molecule has 8 heteroatoms. The Morgan fingerprint density at radius 3 is 2.50 bits per heavy atom. The van der Waals surface area contributed by atoms with E-state index in [0.717, 1.165) is 17.4 Å². The first-order valence-corrected chi connectivity index (χ1v) is 10.5. The predicted molar refractivity (Wildman–Crippen MR) is 104 cm³/mol. The van der Waals surface area contributed by atoms with Gasteiger partial charge in [-0.25, -0.2) is 22.9 Å². The molecule has 7 nitrogen and oxygen atoms in total. The van der Waals surface area contributed by atoms with Gasteiger partial charge >= 0.3 is 5.97 Å². The van der Waals surface area contributed by atoms with Gasteiger partial charge in [0.25, 0.3) is 0 Å². The number of nitrogens with one attached hydrogen (secondary N) is 1. The van der Waals surface area contributed by atoms with E-state index in [-0.39, 0.29) is 6.61 Å². The SMILES string of the molecule is CS(=O)(=O)NCCc1ccc(C(=O)OCc2coc(-c3ccccc3)n2)cc1. The summed E-state index contributed by atoms with van der Waals surface area (Å²) in [5, 5.41) is 0. The first-order chi connectivity index (χ1) is 13.4. The Balaban J connectivity index is 1.52. The summed E-state index contributed by atoms with van der Waals surface area (Å²) >= 11 is 0. The van der Waals surface area contributed by atoms with Gasteiger partial charge in [-0.2, -0.15) is 0 Å². The van der Waals surface area contributed by atoms with Crippen molar-refractivity contribution in [3.63, 3.8) is 0 Å². The normalized spacial score (nSPS) is 11.3. The zero-order chi connectivity index (χ0) is 20.0. The molecule has 0 spiro atoms. The topological polar surface area (TPSA) is 98.5 Å². The summed E-state index contributed by atoms with van der Waals surface area (Å²) in [6, 6.07) is 16.3. The fourth-order valence-corrected chi connectivity index (χ4v) is 2.97. The lowest BCUT2D eigenvalue weighted by molar-refractivity contribution is 0.0467. The maximum absolute atomic E-state index is 12.2. The first kappa shape index (κ1) is 19.8. The molecule has 0 unspecified atom stereocenters. The number of carbonyl (C=O) groups excluding carboxylic acids is 1. The van der Waals surface area contributed by atoms with E-state index in [9.17, 15) is 13.2 Å². The Morgan fingerprint density at radius 1 is 1.11 bits per heavy atom. The number of ether oxygens (including phenoxy) is 1. The summed E-state index contributed by atoms with van der Waals surface area (Å²) in [6.07, 6.45) is 3.11. The van der Waals surface area contributed by atoms with Crippen molar-refractivity contribution in [1.82, 2.24) is 9.71 Å². The number of rotatable bonds is 8. The number of esters is 1. The van der Waals surface area contributed by atoms with Gasteiger partial charge < -0.3 is 9.15 Å². The number of sulfonamides is 1. The lowest BCUT2D eigenvalue weighted by atomic mass is 10.1. The smallest absolute Gasteiger partial charge is 0.338 e. The Kier molecular flexibility index (Phi) is 6.23. The molecule has 3 aromatic rings. The second kappa shape index (κ2) is 8.81. The molecule has 0 radical (unpaired) electrons. The molecule has 0 saturated carbocycles. The largest absolute Gasteiger partial charge is 0.455 e. The minimum Gasteiger partial charge on any atom is -0.455 e. The average Bonchev–Trinajstić information content (AvgIpc) is 3.15. The minimum absolute atomic E-state index is 0.00912. The molecular weight excluding hydrogens is 380 g/mol. The number of hydrogen-bond donors (Lipinski definition) is 1. The van der Waals surface area contributed by atoms with Gasteiger partial charge in [0.05, 0.1) is 11.8 Å². The second-order valence-electron chi connectivity index (χ2n) is 6.20. The molecule has 0 aliphatic rings. The number of hydrogen-bond acceptors (Lipinski definition) is 6. The van der Waals surface area contributed by atoms with Gasteiger partial charge in [-0.3, -0.25) is 0 Å². The van der Waals surface area contributed by atoms with Gasteiger partial charge in [0.15, 0.2) is 0 Å². The van der Waals surface area contributed by atoms with E-state index in [1.807, 2.05) is 30.3 Å². The summed E-state index contributed by atoms with van der Waals surface area (Å²) in [7, 11) is -3.20. The Bertz CT molecular complexity index is 1030. The molecule has 146 valence electrons. The molecule has 0 amide bonds. The van der Waals surface area contributed by atoms with Gasteiger partial charge in [0.1, 0.15) is 18.6 Å². The van der Waals surface area contributed by atoms with Crippen molar-refractivity contribution in [1.29, 1.82) is 0 Å². The maximum Gasteiger partial charge on any atom is 0.338 e. The molecule has 1 heterocycles. The van der Waals surface area contributed by atoms with Crippen LogP contribution in [0.25, 0.3) is 11.5 Å². The Hall–Kier alpha value is -2.97. The highest BCUT2D eigenvalue weighted by Crippen LogP contribution is 2.18. The molecule has 1 aromatic heterocycles. The zero-order valence-corrected chi connectivity index (χ0v) is 16.1. The molecule has 0 fully saturated rings. The van der Waals surface area contributed by atoms with Crippen molar-refractivity contribution in [3.8, 4) is 11.5 Å². The third-order valence-electron chi connectivity index (χ3n) is 3.89. The summed E-state index contributed by atoms with van der Waals surface area (Å²) in [6.45, 7) is 0.313. The zero-order valence-electron chi connectivity index (χ0n) is 15.3. The molecular formula is C20H20N2O5S. The van der Waals surface area contributed by atoms with E-state index in [1.54, 1.807) is 24.3 Å². The predicted octanol–water partition coefficient (Wildman–Crippen LogP) is 2.79. The van der Waals surface area contributed by atoms with Gasteiger partial charge in [-0.05, 0) is 36.2 Å². The van der Waals surface area contributed by atoms with Crippen molar-refractivity contribution in [2.75, 3.05) is 12.8 Å². The average molecular weight is 400 g/mol. The van der Waals surface area contributed by atoms with Crippen molar-refractivity contribution in [2.24, 2.45) is 0 Å². The van der Waals surface area contributed by atoms with Crippen LogP contribution in [0.4, 0.5) is 0 Å². The highest BCUT2D eigenvalue weighted by molar-refractivity contribution is 7.88. The third kappa shape index (κ3) is 5.77. The van der Waals surface area contributed by atoms with Gasteiger partial charge in [0.2, 0.25) is 15.9 Å². The van der Waals surface area contributed by atoms with Crippen LogP contribution in [-0.2, 0) is 27.8 Å².